The number of hydrogen-bond donors (Lipinski definition) is 1. The Balaban J connectivity index is 1.79. The van der Waals surface area contributed by atoms with Crippen LogP contribution in [-0.2, 0) is 6.42 Å². The summed E-state index contributed by atoms with van der Waals surface area (Å²) in [5.74, 6) is 0.925. The molecule has 0 bridgehead atoms. The Labute approximate surface area is 113 Å². The third-order valence-electron chi connectivity index (χ3n) is 2.51. The maximum atomic E-state index is 5.61. The molecule has 0 aliphatic carbocycles. The third kappa shape index (κ3) is 4.08. The lowest BCUT2D eigenvalue weighted by atomic mass is 10.3. The van der Waals surface area contributed by atoms with Crippen LogP contribution in [0.5, 0.6) is 5.75 Å². The first-order valence-corrected chi connectivity index (χ1v) is 7.15. The van der Waals surface area contributed by atoms with Crippen LogP contribution in [-0.4, -0.2) is 12.6 Å². The highest BCUT2D eigenvalue weighted by molar-refractivity contribution is 7.09. The van der Waals surface area contributed by atoms with Crippen LogP contribution in [0.15, 0.2) is 41.8 Å². The summed E-state index contributed by atoms with van der Waals surface area (Å²) in [6.07, 6.45) is 1.30. The van der Waals surface area contributed by atoms with Crippen molar-refractivity contribution in [1.29, 1.82) is 0 Å². The molecule has 0 aliphatic heterocycles. The second kappa shape index (κ2) is 6.45. The molecule has 0 spiro atoms. The topological polar surface area (TPSA) is 21.3 Å². The van der Waals surface area contributed by atoms with E-state index in [2.05, 4.69) is 35.0 Å². The Morgan fingerprint density at radius 2 is 1.94 bits per heavy atom. The SMILES string of the molecule is CC(C)Oc1ccc(NCCc2cccs2)cc1. The van der Waals surface area contributed by atoms with Crippen LogP contribution in [0.4, 0.5) is 5.69 Å². The Kier molecular flexibility index (Phi) is 4.65. The van der Waals surface area contributed by atoms with Gasteiger partial charge in [-0.25, -0.2) is 0 Å². The number of benzene rings is 1. The first-order chi connectivity index (χ1) is 8.74. The van der Waals surface area contributed by atoms with E-state index in [4.69, 9.17) is 4.74 Å². The minimum absolute atomic E-state index is 0.225. The lowest BCUT2D eigenvalue weighted by molar-refractivity contribution is 0.242. The van der Waals surface area contributed by atoms with Crippen LogP contribution in [0.2, 0.25) is 0 Å². The van der Waals surface area contributed by atoms with E-state index < -0.39 is 0 Å². The molecule has 1 heterocycles. The number of hydrogen-bond acceptors (Lipinski definition) is 3. The molecular weight excluding hydrogens is 242 g/mol. The third-order valence-corrected chi connectivity index (χ3v) is 3.44. The highest BCUT2D eigenvalue weighted by atomic mass is 32.1. The summed E-state index contributed by atoms with van der Waals surface area (Å²) in [6, 6.07) is 12.4. The fraction of sp³-hybridized carbons (Fsp3) is 0.333. The molecule has 2 rings (SSSR count). The van der Waals surface area contributed by atoms with E-state index in [1.807, 2.05) is 37.3 Å². The number of rotatable bonds is 6. The van der Waals surface area contributed by atoms with Crippen LogP contribution in [0, 0.1) is 0 Å². The Morgan fingerprint density at radius 3 is 2.56 bits per heavy atom. The minimum Gasteiger partial charge on any atom is -0.491 e. The van der Waals surface area contributed by atoms with Crippen LogP contribution >= 0.6 is 11.3 Å². The first-order valence-electron chi connectivity index (χ1n) is 6.27. The van der Waals surface area contributed by atoms with Gasteiger partial charge in [-0.3, -0.25) is 0 Å². The van der Waals surface area contributed by atoms with Crippen molar-refractivity contribution in [2.75, 3.05) is 11.9 Å². The summed E-state index contributed by atoms with van der Waals surface area (Å²) < 4.78 is 5.61. The van der Waals surface area contributed by atoms with E-state index in [-0.39, 0.29) is 6.10 Å². The molecule has 1 aromatic heterocycles. The molecule has 96 valence electrons. The molecule has 0 aliphatic rings. The van der Waals surface area contributed by atoms with Crippen molar-refractivity contribution in [2.24, 2.45) is 0 Å². The highest BCUT2D eigenvalue weighted by Crippen LogP contribution is 2.17. The monoisotopic (exact) mass is 261 g/mol. The second-order valence-corrected chi connectivity index (χ2v) is 5.48. The fourth-order valence-electron chi connectivity index (χ4n) is 1.71. The van der Waals surface area contributed by atoms with E-state index >= 15 is 0 Å². The number of nitrogens with one attached hydrogen (secondary N) is 1. The molecule has 1 N–H and O–H groups in total. The maximum Gasteiger partial charge on any atom is 0.119 e. The quantitative estimate of drug-likeness (QED) is 0.842. The van der Waals surface area contributed by atoms with Gasteiger partial charge in [-0.15, -0.1) is 11.3 Å². The lowest BCUT2D eigenvalue weighted by Gasteiger charge is -2.10. The van der Waals surface area contributed by atoms with E-state index in [0.29, 0.717) is 0 Å². The molecule has 0 saturated carbocycles. The molecule has 0 unspecified atom stereocenters. The largest absolute Gasteiger partial charge is 0.491 e. The molecule has 2 nitrogen and oxygen atoms in total. The molecule has 0 fully saturated rings. The highest BCUT2D eigenvalue weighted by Gasteiger charge is 1.98. The molecular formula is C15H19NOS. The van der Waals surface area contributed by atoms with E-state index in [9.17, 15) is 0 Å². The van der Waals surface area contributed by atoms with Gasteiger partial charge >= 0.3 is 0 Å². The zero-order valence-electron chi connectivity index (χ0n) is 10.8. The van der Waals surface area contributed by atoms with Gasteiger partial charge in [-0.1, -0.05) is 6.07 Å². The zero-order chi connectivity index (χ0) is 12.8. The van der Waals surface area contributed by atoms with Crippen molar-refractivity contribution >= 4 is 17.0 Å². The van der Waals surface area contributed by atoms with Crippen LogP contribution in [0.25, 0.3) is 0 Å². The van der Waals surface area contributed by atoms with Gasteiger partial charge in [0.2, 0.25) is 0 Å². The zero-order valence-corrected chi connectivity index (χ0v) is 11.7. The predicted molar refractivity (Wildman–Crippen MR) is 78.7 cm³/mol. The summed E-state index contributed by atoms with van der Waals surface area (Å²) in [4.78, 5) is 1.42. The summed E-state index contributed by atoms with van der Waals surface area (Å²) in [5.41, 5.74) is 1.14. The maximum absolute atomic E-state index is 5.61. The second-order valence-electron chi connectivity index (χ2n) is 4.45. The summed E-state index contributed by atoms with van der Waals surface area (Å²) >= 11 is 1.81. The van der Waals surface area contributed by atoms with Crippen LogP contribution in [0.1, 0.15) is 18.7 Å². The normalized spacial score (nSPS) is 10.6. The van der Waals surface area contributed by atoms with Gasteiger partial charge < -0.3 is 10.1 Å². The molecule has 0 radical (unpaired) electrons. The predicted octanol–water partition coefficient (Wildman–Crippen LogP) is 4.19. The van der Waals surface area contributed by atoms with Gasteiger partial charge in [0.25, 0.3) is 0 Å². The van der Waals surface area contributed by atoms with Crippen molar-refractivity contribution in [2.45, 2.75) is 26.4 Å². The van der Waals surface area contributed by atoms with Crippen molar-refractivity contribution in [1.82, 2.24) is 0 Å². The molecule has 0 saturated heterocycles. The number of ether oxygens (including phenoxy) is 1. The number of anilines is 1. The van der Waals surface area contributed by atoms with Gasteiger partial charge in [0, 0.05) is 17.1 Å². The molecule has 1 aromatic carbocycles. The Hall–Kier alpha value is -1.48. The summed E-state index contributed by atoms with van der Waals surface area (Å²) in [6.45, 7) is 5.03. The molecule has 0 amide bonds. The Morgan fingerprint density at radius 1 is 1.17 bits per heavy atom. The lowest BCUT2D eigenvalue weighted by Crippen LogP contribution is -2.06. The molecule has 3 heteroatoms. The molecule has 2 aromatic rings. The standard InChI is InChI=1S/C15H19NOS/c1-12(2)17-14-7-5-13(6-8-14)16-10-9-15-4-3-11-18-15/h3-8,11-12,16H,9-10H2,1-2H3. The van der Waals surface area contributed by atoms with Crippen molar-refractivity contribution in [3.8, 4) is 5.75 Å². The molecule has 0 atom stereocenters. The van der Waals surface area contributed by atoms with Gasteiger partial charge in [0.1, 0.15) is 5.75 Å². The van der Waals surface area contributed by atoms with Gasteiger partial charge in [0.05, 0.1) is 6.10 Å². The van der Waals surface area contributed by atoms with E-state index in [0.717, 1.165) is 24.4 Å². The Bertz CT molecular complexity index is 448. The average molecular weight is 261 g/mol. The van der Waals surface area contributed by atoms with E-state index in [1.54, 1.807) is 0 Å². The summed E-state index contributed by atoms with van der Waals surface area (Å²) in [7, 11) is 0. The van der Waals surface area contributed by atoms with Crippen LogP contribution < -0.4 is 10.1 Å². The smallest absolute Gasteiger partial charge is 0.119 e. The fourth-order valence-corrected chi connectivity index (χ4v) is 2.42. The van der Waals surface area contributed by atoms with E-state index in [1.165, 1.54) is 4.88 Å². The van der Waals surface area contributed by atoms with Crippen molar-refractivity contribution in [3.63, 3.8) is 0 Å². The minimum atomic E-state index is 0.225. The first kappa shape index (κ1) is 13.0. The van der Waals surface area contributed by atoms with Gasteiger partial charge in [-0.05, 0) is 56.0 Å². The summed E-state index contributed by atoms with van der Waals surface area (Å²) in [5, 5.41) is 5.53. The van der Waals surface area contributed by atoms with Crippen LogP contribution in [0.3, 0.4) is 0 Å². The average Bonchev–Trinajstić information content (AvgIpc) is 2.84. The van der Waals surface area contributed by atoms with Gasteiger partial charge in [0.15, 0.2) is 0 Å². The molecule has 18 heavy (non-hydrogen) atoms. The number of thiophene rings is 1. The van der Waals surface area contributed by atoms with Crippen molar-refractivity contribution < 1.29 is 4.74 Å². The van der Waals surface area contributed by atoms with Crippen molar-refractivity contribution in [3.05, 3.63) is 46.7 Å². The van der Waals surface area contributed by atoms with Gasteiger partial charge in [-0.2, -0.15) is 0 Å².